The first-order valence-corrected chi connectivity index (χ1v) is 10.6. The van der Waals surface area contributed by atoms with Crippen LogP contribution >= 0.6 is 0 Å². The van der Waals surface area contributed by atoms with E-state index in [9.17, 15) is 13.2 Å². The van der Waals surface area contributed by atoms with Crippen LogP contribution in [0.25, 0.3) is 0 Å². The Morgan fingerprint density at radius 1 is 1.13 bits per heavy atom. The number of hydrogen-bond acceptors (Lipinski definition) is 7. The van der Waals surface area contributed by atoms with E-state index < -0.39 is 15.9 Å². The number of anilines is 1. The van der Waals surface area contributed by atoms with Gasteiger partial charge in [0.25, 0.3) is 15.9 Å². The SMILES string of the molecule is CN=C/C(=C\N)NC(=O)c1cccc(NS(=O)(=O)c2ccc3c(c2)OCCCO3)c1. The zero-order valence-electron chi connectivity index (χ0n) is 16.3. The van der Waals surface area contributed by atoms with Gasteiger partial charge in [0.15, 0.2) is 11.5 Å². The summed E-state index contributed by atoms with van der Waals surface area (Å²) in [6, 6.07) is 10.5. The third kappa shape index (κ3) is 5.09. The minimum atomic E-state index is -3.91. The number of nitrogens with two attached hydrogens (primary N) is 1. The summed E-state index contributed by atoms with van der Waals surface area (Å²) >= 11 is 0. The van der Waals surface area contributed by atoms with Crippen molar-refractivity contribution in [1.29, 1.82) is 0 Å². The van der Waals surface area contributed by atoms with Gasteiger partial charge in [0.05, 0.1) is 23.8 Å². The molecule has 0 aliphatic carbocycles. The molecule has 0 aromatic heterocycles. The van der Waals surface area contributed by atoms with E-state index in [1.807, 2.05) is 0 Å². The molecule has 1 heterocycles. The average Bonchev–Trinajstić information content (AvgIpc) is 2.98. The Bertz CT molecular complexity index is 1100. The van der Waals surface area contributed by atoms with Crippen LogP contribution < -0.4 is 25.2 Å². The van der Waals surface area contributed by atoms with Crippen molar-refractivity contribution in [2.45, 2.75) is 11.3 Å². The van der Waals surface area contributed by atoms with Gasteiger partial charge in [0.1, 0.15) is 0 Å². The summed E-state index contributed by atoms with van der Waals surface area (Å²) in [5, 5.41) is 2.59. The molecule has 4 N–H and O–H groups in total. The molecular formula is C20H22N4O5S. The van der Waals surface area contributed by atoms with Gasteiger partial charge in [0, 0.05) is 43.2 Å². The van der Waals surface area contributed by atoms with Gasteiger partial charge in [-0.25, -0.2) is 8.42 Å². The van der Waals surface area contributed by atoms with E-state index in [-0.39, 0.29) is 16.1 Å². The van der Waals surface area contributed by atoms with Crippen molar-refractivity contribution < 1.29 is 22.7 Å². The summed E-state index contributed by atoms with van der Waals surface area (Å²) in [7, 11) is -2.36. The van der Waals surface area contributed by atoms with Crippen LogP contribution in [0, 0.1) is 0 Å². The Morgan fingerprint density at radius 3 is 2.63 bits per heavy atom. The number of amides is 1. The van der Waals surface area contributed by atoms with Crippen molar-refractivity contribution >= 4 is 27.8 Å². The number of rotatable bonds is 6. The van der Waals surface area contributed by atoms with Gasteiger partial charge in [-0.2, -0.15) is 0 Å². The Labute approximate surface area is 174 Å². The van der Waals surface area contributed by atoms with E-state index in [0.717, 1.165) is 6.42 Å². The Kier molecular flexibility index (Phi) is 6.58. The quantitative estimate of drug-likeness (QED) is 0.600. The number of nitrogens with one attached hydrogen (secondary N) is 2. The molecule has 0 saturated carbocycles. The molecule has 0 radical (unpaired) electrons. The number of benzene rings is 2. The number of fused-ring (bicyclic) bond motifs is 1. The molecule has 30 heavy (non-hydrogen) atoms. The zero-order valence-corrected chi connectivity index (χ0v) is 17.1. The first-order chi connectivity index (χ1) is 14.4. The van der Waals surface area contributed by atoms with E-state index in [1.54, 1.807) is 31.3 Å². The van der Waals surface area contributed by atoms with Crippen molar-refractivity contribution in [2.24, 2.45) is 10.7 Å². The normalized spacial score (nSPS) is 14.2. The van der Waals surface area contributed by atoms with E-state index in [2.05, 4.69) is 15.0 Å². The number of nitrogens with zero attached hydrogens (tertiary/aromatic N) is 1. The fourth-order valence-corrected chi connectivity index (χ4v) is 3.77. The van der Waals surface area contributed by atoms with E-state index in [1.165, 1.54) is 30.6 Å². The Morgan fingerprint density at radius 2 is 1.90 bits per heavy atom. The second kappa shape index (κ2) is 9.31. The number of aliphatic imine (C=N–C) groups is 1. The predicted molar refractivity (Wildman–Crippen MR) is 113 cm³/mol. The van der Waals surface area contributed by atoms with Crippen molar-refractivity contribution in [3.8, 4) is 11.5 Å². The van der Waals surface area contributed by atoms with Crippen LogP contribution in [0.2, 0.25) is 0 Å². The molecule has 1 aliphatic rings. The molecule has 158 valence electrons. The summed E-state index contributed by atoms with van der Waals surface area (Å²) in [6.45, 7) is 0.959. The minimum absolute atomic E-state index is 0.0223. The molecule has 1 aliphatic heterocycles. The van der Waals surface area contributed by atoms with Crippen LogP contribution in [-0.4, -0.2) is 40.8 Å². The highest BCUT2D eigenvalue weighted by molar-refractivity contribution is 7.92. The van der Waals surface area contributed by atoms with Gasteiger partial charge in [-0.1, -0.05) is 6.07 Å². The number of sulfonamides is 1. The predicted octanol–water partition coefficient (Wildman–Crippen LogP) is 1.88. The highest BCUT2D eigenvalue weighted by Crippen LogP contribution is 2.32. The summed E-state index contributed by atoms with van der Waals surface area (Å²) in [6.07, 6.45) is 3.32. The zero-order chi connectivity index (χ0) is 21.6. The number of allylic oxidation sites excluding steroid dienone is 1. The molecule has 3 rings (SSSR count). The van der Waals surface area contributed by atoms with Crippen molar-refractivity contribution in [2.75, 3.05) is 25.0 Å². The van der Waals surface area contributed by atoms with Crippen LogP contribution in [-0.2, 0) is 10.0 Å². The van der Waals surface area contributed by atoms with Crippen LogP contribution in [0.4, 0.5) is 5.69 Å². The molecule has 2 aromatic rings. The van der Waals surface area contributed by atoms with Crippen molar-refractivity contribution in [1.82, 2.24) is 5.32 Å². The molecule has 0 saturated heterocycles. The van der Waals surface area contributed by atoms with Gasteiger partial charge in [-0.15, -0.1) is 0 Å². The van der Waals surface area contributed by atoms with Gasteiger partial charge >= 0.3 is 0 Å². The van der Waals surface area contributed by atoms with E-state index >= 15 is 0 Å². The maximum atomic E-state index is 12.8. The third-order valence-corrected chi connectivity index (χ3v) is 5.49. The molecule has 10 heteroatoms. The second-order valence-electron chi connectivity index (χ2n) is 6.31. The Balaban J connectivity index is 1.80. The first-order valence-electron chi connectivity index (χ1n) is 9.11. The van der Waals surface area contributed by atoms with Crippen LogP contribution in [0.1, 0.15) is 16.8 Å². The standard InChI is InChI=1S/C20H22N4O5S/c1-22-13-16(12-21)23-20(25)14-4-2-5-15(10-14)24-30(26,27)17-6-7-18-19(11-17)29-9-3-8-28-18/h2,4-7,10-13,24H,3,8-9,21H2,1H3,(H,23,25)/b16-12+,22-13?. The first kappa shape index (κ1) is 21.2. The fourth-order valence-electron chi connectivity index (χ4n) is 2.71. The lowest BCUT2D eigenvalue weighted by atomic mass is 10.2. The Hall–Kier alpha value is -3.53. The molecule has 2 aromatic carbocycles. The lowest BCUT2D eigenvalue weighted by Crippen LogP contribution is -2.24. The molecule has 0 fully saturated rings. The average molecular weight is 430 g/mol. The number of carbonyl (C=O) groups excluding carboxylic acids is 1. The maximum Gasteiger partial charge on any atom is 0.262 e. The van der Waals surface area contributed by atoms with Gasteiger partial charge in [0.2, 0.25) is 0 Å². The molecule has 0 spiro atoms. The maximum absolute atomic E-state index is 12.8. The van der Waals surface area contributed by atoms with Crippen molar-refractivity contribution in [3.05, 3.63) is 59.9 Å². The fraction of sp³-hybridized carbons (Fsp3) is 0.200. The second-order valence-corrected chi connectivity index (χ2v) is 7.99. The van der Waals surface area contributed by atoms with Gasteiger partial charge in [-0.3, -0.25) is 14.5 Å². The topological polar surface area (TPSA) is 132 Å². The lowest BCUT2D eigenvalue weighted by Gasteiger charge is -2.12. The summed E-state index contributed by atoms with van der Waals surface area (Å²) in [5.41, 5.74) is 6.24. The van der Waals surface area contributed by atoms with E-state index in [4.69, 9.17) is 15.2 Å². The monoisotopic (exact) mass is 430 g/mol. The number of ether oxygens (including phenoxy) is 2. The molecule has 0 unspecified atom stereocenters. The minimum Gasteiger partial charge on any atom is -0.490 e. The summed E-state index contributed by atoms with van der Waals surface area (Å²) in [4.78, 5) is 16.2. The highest BCUT2D eigenvalue weighted by Gasteiger charge is 2.19. The summed E-state index contributed by atoms with van der Waals surface area (Å²) in [5.74, 6) is 0.426. The smallest absolute Gasteiger partial charge is 0.262 e. The summed E-state index contributed by atoms with van der Waals surface area (Å²) < 4.78 is 39.2. The molecular weight excluding hydrogens is 408 g/mol. The van der Waals surface area contributed by atoms with Crippen molar-refractivity contribution in [3.63, 3.8) is 0 Å². The highest BCUT2D eigenvalue weighted by atomic mass is 32.2. The van der Waals surface area contributed by atoms with Crippen LogP contribution in [0.15, 0.2) is 64.2 Å². The van der Waals surface area contributed by atoms with Gasteiger partial charge in [-0.05, 0) is 30.3 Å². The number of carbonyl (C=O) groups is 1. The molecule has 1 amide bonds. The molecule has 0 bridgehead atoms. The van der Waals surface area contributed by atoms with E-state index in [0.29, 0.717) is 30.4 Å². The largest absolute Gasteiger partial charge is 0.490 e. The van der Waals surface area contributed by atoms with Crippen LogP contribution in [0.5, 0.6) is 11.5 Å². The molecule has 9 nitrogen and oxygen atoms in total. The number of hydrogen-bond donors (Lipinski definition) is 3. The molecule has 0 atom stereocenters. The third-order valence-electron chi connectivity index (χ3n) is 4.11. The lowest BCUT2D eigenvalue weighted by molar-refractivity contribution is 0.0968. The van der Waals surface area contributed by atoms with Gasteiger partial charge < -0.3 is 20.5 Å². The van der Waals surface area contributed by atoms with Crippen LogP contribution in [0.3, 0.4) is 0 Å².